The van der Waals surface area contributed by atoms with Crippen molar-refractivity contribution in [1.82, 2.24) is 14.5 Å². The first-order valence-electron chi connectivity index (χ1n) is 6.49. The van der Waals surface area contributed by atoms with Crippen LogP contribution >= 0.6 is 0 Å². The Morgan fingerprint density at radius 2 is 1.89 bits per heavy atom. The molecule has 18 heavy (non-hydrogen) atoms. The second-order valence-corrected chi connectivity index (χ2v) is 4.37. The minimum absolute atomic E-state index is 0.0207. The van der Waals surface area contributed by atoms with Gasteiger partial charge < -0.3 is 4.90 Å². The molecule has 0 radical (unpaired) electrons. The summed E-state index contributed by atoms with van der Waals surface area (Å²) in [5, 5.41) is 0. The first-order chi connectivity index (χ1) is 8.77. The molecule has 0 aliphatic heterocycles. The zero-order valence-corrected chi connectivity index (χ0v) is 11.0. The van der Waals surface area contributed by atoms with Gasteiger partial charge in [-0.05, 0) is 25.0 Å². The van der Waals surface area contributed by atoms with Crippen molar-refractivity contribution >= 4 is 17.1 Å². The average molecular weight is 245 g/mol. The van der Waals surface area contributed by atoms with Gasteiger partial charge in [0, 0.05) is 13.1 Å². The van der Waals surface area contributed by atoms with Crippen LogP contribution in [-0.2, 0) is 0 Å². The number of fused-ring (bicyclic) bond motifs is 1. The molecule has 0 saturated heterocycles. The van der Waals surface area contributed by atoms with Crippen LogP contribution in [0.15, 0.2) is 30.6 Å². The fraction of sp³-hybridized carbons (Fsp3) is 0.429. The van der Waals surface area contributed by atoms with Gasteiger partial charge in [-0.25, -0.2) is 9.78 Å². The lowest BCUT2D eigenvalue weighted by Gasteiger charge is -2.21. The van der Waals surface area contributed by atoms with E-state index in [0.29, 0.717) is 0 Å². The highest BCUT2D eigenvalue weighted by Gasteiger charge is 2.15. The van der Waals surface area contributed by atoms with Crippen LogP contribution in [0.4, 0.5) is 4.79 Å². The molecule has 0 unspecified atom stereocenters. The van der Waals surface area contributed by atoms with Crippen molar-refractivity contribution in [2.24, 2.45) is 0 Å². The lowest BCUT2D eigenvalue weighted by atomic mass is 10.3. The third-order valence-electron chi connectivity index (χ3n) is 2.92. The molecule has 0 N–H and O–H groups in total. The highest BCUT2D eigenvalue weighted by atomic mass is 16.2. The van der Waals surface area contributed by atoms with Gasteiger partial charge in [-0.2, -0.15) is 0 Å². The van der Waals surface area contributed by atoms with Crippen LogP contribution in [0.1, 0.15) is 26.7 Å². The summed E-state index contributed by atoms with van der Waals surface area (Å²) < 4.78 is 1.64. The highest BCUT2D eigenvalue weighted by Crippen LogP contribution is 2.13. The fourth-order valence-electron chi connectivity index (χ4n) is 2.11. The SMILES string of the molecule is CCCN(CCC)C(=O)n1cnc2ccccc21. The number of carbonyl (C=O) groups is 1. The second kappa shape index (κ2) is 5.67. The van der Waals surface area contributed by atoms with E-state index in [1.54, 1.807) is 10.9 Å². The number of para-hydroxylation sites is 2. The maximum atomic E-state index is 12.4. The molecular formula is C14H19N3O. The van der Waals surface area contributed by atoms with Crippen LogP contribution in [0.25, 0.3) is 11.0 Å². The van der Waals surface area contributed by atoms with E-state index in [-0.39, 0.29) is 6.03 Å². The number of benzene rings is 1. The van der Waals surface area contributed by atoms with Gasteiger partial charge in [0.25, 0.3) is 0 Å². The second-order valence-electron chi connectivity index (χ2n) is 4.37. The monoisotopic (exact) mass is 245 g/mol. The highest BCUT2D eigenvalue weighted by molar-refractivity contribution is 5.89. The molecule has 0 spiro atoms. The van der Waals surface area contributed by atoms with Gasteiger partial charge in [0.15, 0.2) is 0 Å². The Labute approximate surface area is 107 Å². The lowest BCUT2D eigenvalue weighted by molar-refractivity contribution is 0.200. The summed E-state index contributed by atoms with van der Waals surface area (Å²) in [6, 6.07) is 7.73. The Balaban J connectivity index is 2.31. The van der Waals surface area contributed by atoms with Crippen molar-refractivity contribution in [3.05, 3.63) is 30.6 Å². The van der Waals surface area contributed by atoms with E-state index >= 15 is 0 Å². The summed E-state index contributed by atoms with van der Waals surface area (Å²) in [4.78, 5) is 18.6. The molecule has 4 heteroatoms. The van der Waals surface area contributed by atoms with Crippen molar-refractivity contribution in [3.8, 4) is 0 Å². The van der Waals surface area contributed by atoms with Crippen molar-refractivity contribution < 1.29 is 4.79 Å². The maximum Gasteiger partial charge on any atom is 0.329 e. The van der Waals surface area contributed by atoms with Crippen molar-refractivity contribution in [2.75, 3.05) is 13.1 Å². The molecule has 4 nitrogen and oxygen atoms in total. The predicted octanol–water partition coefficient (Wildman–Crippen LogP) is 3.13. The van der Waals surface area contributed by atoms with Gasteiger partial charge in [0.05, 0.1) is 11.0 Å². The van der Waals surface area contributed by atoms with Crippen LogP contribution in [-0.4, -0.2) is 33.6 Å². The molecule has 1 amide bonds. The van der Waals surface area contributed by atoms with E-state index in [4.69, 9.17) is 0 Å². The van der Waals surface area contributed by atoms with Gasteiger partial charge in [-0.3, -0.25) is 4.57 Å². The third kappa shape index (κ3) is 2.37. The number of nitrogens with zero attached hydrogens (tertiary/aromatic N) is 3. The topological polar surface area (TPSA) is 38.1 Å². The number of hydrogen-bond acceptors (Lipinski definition) is 2. The molecule has 0 fully saturated rings. The Bertz CT molecular complexity index is 527. The summed E-state index contributed by atoms with van der Waals surface area (Å²) in [5.41, 5.74) is 1.73. The molecule has 0 saturated carbocycles. The Morgan fingerprint density at radius 3 is 2.56 bits per heavy atom. The van der Waals surface area contributed by atoms with Gasteiger partial charge >= 0.3 is 6.03 Å². The smallest absolute Gasteiger partial charge is 0.324 e. The number of imidazole rings is 1. The van der Waals surface area contributed by atoms with Gasteiger partial charge in [-0.15, -0.1) is 0 Å². The zero-order chi connectivity index (χ0) is 13.0. The molecule has 0 aliphatic rings. The van der Waals surface area contributed by atoms with Crippen molar-refractivity contribution in [1.29, 1.82) is 0 Å². The average Bonchev–Trinajstić information content (AvgIpc) is 2.81. The molecule has 1 aromatic carbocycles. The van der Waals surface area contributed by atoms with Crippen LogP contribution in [0.3, 0.4) is 0 Å². The Kier molecular flexibility index (Phi) is 3.97. The number of aromatic nitrogens is 2. The predicted molar refractivity (Wildman–Crippen MR) is 72.7 cm³/mol. The number of hydrogen-bond donors (Lipinski definition) is 0. The minimum Gasteiger partial charge on any atom is -0.324 e. The molecular weight excluding hydrogens is 226 g/mol. The van der Waals surface area contributed by atoms with E-state index in [0.717, 1.165) is 37.0 Å². The van der Waals surface area contributed by atoms with Gasteiger partial charge in [-0.1, -0.05) is 26.0 Å². The molecule has 0 atom stereocenters. The van der Waals surface area contributed by atoms with Crippen LogP contribution in [0.2, 0.25) is 0 Å². The zero-order valence-electron chi connectivity index (χ0n) is 11.0. The molecule has 96 valence electrons. The summed E-state index contributed by atoms with van der Waals surface area (Å²) in [6.07, 6.45) is 3.56. The first kappa shape index (κ1) is 12.6. The number of amides is 1. The fourth-order valence-corrected chi connectivity index (χ4v) is 2.11. The van der Waals surface area contributed by atoms with Crippen molar-refractivity contribution in [3.63, 3.8) is 0 Å². The Morgan fingerprint density at radius 1 is 1.22 bits per heavy atom. The quantitative estimate of drug-likeness (QED) is 0.830. The number of carbonyl (C=O) groups excluding carboxylic acids is 1. The number of rotatable bonds is 4. The summed E-state index contributed by atoms with van der Waals surface area (Å²) >= 11 is 0. The largest absolute Gasteiger partial charge is 0.329 e. The van der Waals surface area contributed by atoms with E-state index < -0.39 is 0 Å². The van der Waals surface area contributed by atoms with E-state index in [1.165, 1.54) is 0 Å². The standard InChI is InChI=1S/C14H19N3O/c1-3-9-16(10-4-2)14(18)17-11-15-12-7-5-6-8-13(12)17/h5-8,11H,3-4,9-10H2,1-2H3. The minimum atomic E-state index is 0.0207. The van der Waals surface area contributed by atoms with Crippen LogP contribution in [0.5, 0.6) is 0 Å². The van der Waals surface area contributed by atoms with E-state index in [2.05, 4.69) is 18.8 Å². The lowest BCUT2D eigenvalue weighted by Crippen LogP contribution is -2.35. The molecule has 1 heterocycles. The van der Waals surface area contributed by atoms with E-state index in [9.17, 15) is 4.79 Å². The molecule has 2 rings (SSSR count). The third-order valence-corrected chi connectivity index (χ3v) is 2.92. The Hall–Kier alpha value is -1.84. The van der Waals surface area contributed by atoms with Gasteiger partial charge in [0.2, 0.25) is 0 Å². The van der Waals surface area contributed by atoms with E-state index in [1.807, 2.05) is 29.2 Å². The molecule has 2 aromatic rings. The van der Waals surface area contributed by atoms with Crippen LogP contribution in [0, 0.1) is 0 Å². The maximum absolute atomic E-state index is 12.4. The van der Waals surface area contributed by atoms with Gasteiger partial charge in [0.1, 0.15) is 6.33 Å². The summed E-state index contributed by atoms with van der Waals surface area (Å²) in [6.45, 7) is 5.75. The molecule has 1 aromatic heterocycles. The first-order valence-corrected chi connectivity index (χ1v) is 6.49. The van der Waals surface area contributed by atoms with Crippen LogP contribution < -0.4 is 0 Å². The normalized spacial score (nSPS) is 10.8. The molecule has 0 bridgehead atoms. The summed E-state index contributed by atoms with van der Waals surface area (Å²) in [7, 11) is 0. The van der Waals surface area contributed by atoms with Crippen molar-refractivity contribution in [2.45, 2.75) is 26.7 Å². The molecule has 0 aliphatic carbocycles. The summed E-state index contributed by atoms with van der Waals surface area (Å²) in [5.74, 6) is 0.